The monoisotopic (exact) mass is 251 g/mol. The lowest BCUT2D eigenvalue weighted by Crippen LogP contribution is -2.33. The van der Waals surface area contributed by atoms with Crippen molar-refractivity contribution in [3.05, 3.63) is 35.6 Å². The Morgan fingerprint density at radius 2 is 2.17 bits per heavy atom. The fourth-order valence-corrected chi connectivity index (χ4v) is 2.72. The van der Waals surface area contributed by atoms with E-state index in [1.807, 2.05) is 6.92 Å². The highest BCUT2D eigenvalue weighted by Crippen LogP contribution is 2.30. The number of carboxylic acid groups (broad SMARTS) is 1. The second-order valence-corrected chi connectivity index (χ2v) is 4.86. The minimum Gasteiger partial charge on any atom is -0.481 e. The Hall–Kier alpha value is -1.42. The molecule has 2 unspecified atom stereocenters. The molecule has 1 aromatic carbocycles. The summed E-state index contributed by atoms with van der Waals surface area (Å²) in [6.45, 7) is 2.96. The van der Waals surface area contributed by atoms with Crippen molar-refractivity contribution >= 4 is 5.97 Å². The summed E-state index contributed by atoms with van der Waals surface area (Å²) in [6.07, 6.45) is 2.15. The molecule has 1 aromatic rings. The van der Waals surface area contributed by atoms with Crippen LogP contribution in [0.1, 0.15) is 37.8 Å². The molecule has 0 amide bonds. The standard InChI is InChI=1S/C14H18FNO2/c1-10(11-4-6-12(15)7-5-11)16-8-2-3-13(16)9-14(17)18/h4-7,10,13H,2-3,8-9H2,1H3,(H,17,18). The van der Waals surface area contributed by atoms with Gasteiger partial charge in [-0.1, -0.05) is 12.1 Å². The summed E-state index contributed by atoms with van der Waals surface area (Å²) in [5.41, 5.74) is 1.04. The first-order chi connectivity index (χ1) is 8.58. The largest absolute Gasteiger partial charge is 0.481 e. The zero-order valence-corrected chi connectivity index (χ0v) is 10.5. The molecule has 1 N–H and O–H groups in total. The highest BCUT2D eigenvalue weighted by atomic mass is 19.1. The normalized spacial score (nSPS) is 22.0. The number of hydrogen-bond acceptors (Lipinski definition) is 2. The Morgan fingerprint density at radius 1 is 1.50 bits per heavy atom. The van der Waals surface area contributed by atoms with E-state index < -0.39 is 5.97 Å². The summed E-state index contributed by atoms with van der Waals surface area (Å²) in [5.74, 6) is -0.993. The van der Waals surface area contributed by atoms with Crippen LogP contribution in [0, 0.1) is 5.82 Å². The van der Waals surface area contributed by atoms with E-state index in [1.165, 1.54) is 12.1 Å². The molecule has 1 saturated heterocycles. The third-order valence-corrected chi connectivity index (χ3v) is 3.68. The third kappa shape index (κ3) is 2.88. The Labute approximate surface area is 106 Å². The molecule has 0 aromatic heterocycles. The van der Waals surface area contributed by atoms with E-state index in [0.717, 1.165) is 24.9 Å². The van der Waals surface area contributed by atoms with Gasteiger partial charge in [0.05, 0.1) is 6.42 Å². The lowest BCUT2D eigenvalue weighted by atomic mass is 10.0. The van der Waals surface area contributed by atoms with E-state index in [9.17, 15) is 9.18 Å². The topological polar surface area (TPSA) is 40.5 Å². The maximum Gasteiger partial charge on any atom is 0.304 e. The average molecular weight is 251 g/mol. The zero-order valence-electron chi connectivity index (χ0n) is 10.5. The first kappa shape index (κ1) is 13.0. The molecule has 98 valence electrons. The van der Waals surface area contributed by atoms with Gasteiger partial charge in [0.15, 0.2) is 0 Å². The van der Waals surface area contributed by atoms with Crippen LogP contribution < -0.4 is 0 Å². The van der Waals surface area contributed by atoms with Crippen LogP contribution in [0.5, 0.6) is 0 Å². The van der Waals surface area contributed by atoms with Crippen LogP contribution in [-0.4, -0.2) is 28.6 Å². The predicted octanol–water partition coefficient (Wildman–Crippen LogP) is 2.83. The average Bonchev–Trinajstić information content (AvgIpc) is 2.76. The molecule has 0 bridgehead atoms. The number of nitrogens with zero attached hydrogens (tertiary/aromatic N) is 1. The second kappa shape index (κ2) is 5.48. The lowest BCUT2D eigenvalue weighted by Gasteiger charge is -2.30. The second-order valence-electron chi connectivity index (χ2n) is 4.86. The number of rotatable bonds is 4. The van der Waals surface area contributed by atoms with Gasteiger partial charge in [-0.05, 0) is 44.0 Å². The third-order valence-electron chi connectivity index (χ3n) is 3.68. The Bertz CT molecular complexity index is 418. The summed E-state index contributed by atoms with van der Waals surface area (Å²) < 4.78 is 12.9. The van der Waals surface area contributed by atoms with Crippen LogP contribution in [0.3, 0.4) is 0 Å². The van der Waals surface area contributed by atoms with E-state index in [0.29, 0.717) is 0 Å². The van der Waals surface area contributed by atoms with Crippen molar-refractivity contribution in [2.75, 3.05) is 6.54 Å². The van der Waals surface area contributed by atoms with Crippen LogP contribution in [-0.2, 0) is 4.79 Å². The number of likely N-dealkylation sites (tertiary alicyclic amines) is 1. The van der Waals surface area contributed by atoms with E-state index in [2.05, 4.69) is 4.90 Å². The maximum atomic E-state index is 12.9. The van der Waals surface area contributed by atoms with Crippen molar-refractivity contribution in [2.45, 2.75) is 38.3 Å². The Kier molecular flexibility index (Phi) is 3.97. The van der Waals surface area contributed by atoms with Crippen LogP contribution >= 0.6 is 0 Å². The SMILES string of the molecule is CC(c1ccc(F)cc1)N1CCCC1CC(=O)O. The fraction of sp³-hybridized carbons (Fsp3) is 0.500. The van der Waals surface area contributed by atoms with Crippen molar-refractivity contribution in [1.82, 2.24) is 4.90 Å². The molecule has 0 spiro atoms. The number of aliphatic carboxylic acids is 1. The van der Waals surface area contributed by atoms with E-state index >= 15 is 0 Å². The van der Waals surface area contributed by atoms with Gasteiger partial charge in [-0.2, -0.15) is 0 Å². The van der Waals surface area contributed by atoms with Crippen molar-refractivity contribution < 1.29 is 14.3 Å². The van der Waals surface area contributed by atoms with E-state index in [-0.39, 0.29) is 24.3 Å². The number of halogens is 1. The molecule has 0 saturated carbocycles. The van der Waals surface area contributed by atoms with Crippen LogP contribution in [0.15, 0.2) is 24.3 Å². The van der Waals surface area contributed by atoms with Crippen molar-refractivity contribution in [1.29, 1.82) is 0 Å². The van der Waals surface area contributed by atoms with Crippen LogP contribution in [0.2, 0.25) is 0 Å². The molecule has 0 radical (unpaired) electrons. The molecule has 1 aliphatic rings. The van der Waals surface area contributed by atoms with Gasteiger partial charge in [0, 0.05) is 12.1 Å². The Balaban J connectivity index is 2.09. The van der Waals surface area contributed by atoms with Crippen molar-refractivity contribution in [3.8, 4) is 0 Å². The van der Waals surface area contributed by atoms with E-state index in [4.69, 9.17) is 5.11 Å². The summed E-state index contributed by atoms with van der Waals surface area (Å²) in [6, 6.07) is 6.69. The van der Waals surface area contributed by atoms with E-state index in [1.54, 1.807) is 12.1 Å². The molecular formula is C14H18FNO2. The van der Waals surface area contributed by atoms with Gasteiger partial charge in [0.1, 0.15) is 5.82 Å². The van der Waals surface area contributed by atoms with Gasteiger partial charge in [0.2, 0.25) is 0 Å². The molecule has 1 aliphatic heterocycles. The Morgan fingerprint density at radius 3 is 2.78 bits per heavy atom. The number of carbonyl (C=O) groups is 1. The van der Waals surface area contributed by atoms with Gasteiger partial charge in [-0.25, -0.2) is 4.39 Å². The number of benzene rings is 1. The molecule has 1 heterocycles. The van der Waals surface area contributed by atoms with Crippen LogP contribution in [0.4, 0.5) is 4.39 Å². The van der Waals surface area contributed by atoms with Gasteiger partial charge in [-0.3, -0.25) is 9.69 Å². The first-order valence-electron chi connectivity index (χ1n) is 6.31. The zero-order chi connectivity index (χ0) is 13.1. The van der Waals surface area contributed by atoms with Crippen molar-refractivity contribution in [3.63, 3.8) is 0 Å². The van der Waals surface area contributed by atoms with Crippen LogP contribution in [0.25, 0.3) is 0 Å². The minimum absolute atomic E-state index is 0.0996. The van der Waals surface area contributed by atoms with Gasteiger partial charge < -0.3 is 5.11 Å². The highest BCUT2D eigenvalue weighted by molar-refractivity contribution is 5.67. The van der Waals surface area contributed by atoms with Gasteiger partial charge in [0.25, 0.3) is 0 Å². The lowest BCUT2D eigenvalue weighted by molar-refractivity contribution is -0.138. The smallest absolute Gasteiger partial charge is 0.304 e. The molecule has 3 nitrogen and oxygen atoms in total. The number of carboxylic acids is 1. The predicted molar refractivity (Wildman–Crippen MR) is 66.8 cm³/mol. The number of hydrogen-bond donors (Lipinski definition) is 1. The summed E-state index contributed by atoms with van der Waals surface area (Å²) in [7, 11) is 0. The molecule has 4 heteroatoms. The quantitative estimate of drug-likeness (QED) is 0.894. The molecule has 1 fully saturated rings. The summed E-state index contributed by atoms with van der Waals surface area (Å²) in [4.78, 5) is 13.0. The maximum absolute atomic E-state index is 12.9. The molecule has 2 atom stereocenters. The molecule has 2 rings (SSSR count). The molecule has 18 heavy (non-hydrogen) atoms. The summed E-state index contributed by atoms with van der Waals surface area (Å²) in [5, 5.41) is 8.90. The highest BCUT2D eigenvalue weighted by Gasteiger charge is 2.30. The van der Waals surface area contributed by atoms with Crippen molar-refractivity contribution in [2.24, 2.45) is 0 Å². The van der Waals surface area contributed by atoms with Gasteiger partial charge in [-0.15, -0.1) is 0 Å². The molecule has 0 aliphatic carbocycles. The first-order valence-corrected chi connectivity index (χ1v) is 6.31. The summed E-state index contributed by atoms with van der Waals surface area (Å²) >= 11 is 0. The fourth-order valence-electron chi connectivity index (χ4n) is 2.72. The minimum atomic E-state index is -0.752. The molecular weight excluding hydrogens is 233 g/mol. The van der Waals surface area contributed by atoms with Gasteiger partial charge >= 0.3 is 5.97 Å².